The molecule has 0 aromatic rings. The highest BCUT2D eigenvalue weighted by molar-refractivity contribution is 4.89. The second-order valence-corrected chi connectivity index (χ2v) is 6.53. The maximum absolute atomic E-state index is 6.33. The van der Waals surface area contributed by atoms with Gasteiger partial charge in [-0.15, -0.1) is 0 Å². The summed E-state index contributed by atoms with van der Waals surface area (Å²) in [6, 6.07) is 0. The van der Waals surface area contributed by atoms with E-state index in [1.807, 2.05) is 0 Å². The second-order valence-electron chi connectivity index (χ2n) is 6.53. The van der Waals surface area contributed by atoms with Gasteiger partial charge in [0.15, 0.2) is 0 Å². The third-order valence-corrected chi connectivity index (χ3v) is 4.84. The van der Waals surface area contributed by atoms with Crippen LogP contribution in [0.2, 0.25) is 0 Å². The van der Waals surface area contributed by atoms with E-state index in [9.17, 15) is 0 Å². The van der Waals surface area contributed by atoms with E-state index in [4.69, 9.17) is 4.74 Å². The van der Waals surface area contributed by atoms with Crippen molar-refractivity contribution in [2.24, 2.45) is 11.8 Å². The largest absolute Gasteiger partial charge is 0.374 e. The first-order chi connectivity index (χ1) is 8.78. The average molecular weight is 253 g/mol. The van der Waals surface area contributed by atoms with Gasteiger partial charge >= 0.3 is 0 Å². The molecule has 0 heterocycles. The van der Waals surface area contributed by atoms with Crippen LogP contribution in [0.15, 0.2) is 0 Å². The van der Waals surface area contributed by atoms with Crippen molar-refractivity contribution in [3.8, 4) is 0 Å². The van der Waals surface area contributed by atoms with E-state index in [1.165, 1.54) is 57.8 Å². The van der Waals surface area contributed by atoms with Crippen molar-refractivity contribution in [1.82, 2.24) is 5.32 Å². The zero-order valence-corrected chi connectivity index (χ0v) is 12.3. The van der Waals surface area contributed by atoms with Crippen molar-refractivity contribution >= 4 is 0 Å². The predicted molar refractivity (Wildman–Crippen MR) is 76.8 cm³/mol. The molecule has 2 rings (SSSR count). The summed E-state index contributed by atoms with van der Waals surface area (Å²) in [7, 11) is 2.06. The van der Waals surface area contributed by atoms with Crippen molar-refractivity contribution in [1.29, 1.82) is 0 Å². The molecule has 106 valence electrons. The van der Waals surface area contributed by atoms with Gasteiger partial charge in [-0.2, -0.15) is 0 Å². The molecule has 0 bridgehead atoms. The van der Waals surface area contributed by atoms with Crippen LogP contribution in [0.3, 0.4) is 0 Å². The summed E-state index contributed by atoms with van der Waals surface area (Å²) in [6.07, 6.45) is 12.2. The van der Waals surface area contributed by atoms with Gasteiger partial charge in [0.1, 0.15) is 0 Å². The van der Waals surface area contributed by atoms with E-state index in [0.29, 0.717) is 0 Å². The molecular weight excluding hydrogens is 222 g/mol. The van der Waals surface area contributed by atoms with Crippen LogP contribution in [-0.2, 0) is 4.74 Å². The lowest BCUT2D eigenvalue weighted by atomic mass is 9.77. The van der Waals surface area contributed by atoms with Gasteiger partial charge in [-0.25, -0.2) is 0 Å². The van der Waals surface area contributed by atoms with Crippen molar-refractivity contribution in [2.45, 2.75) is 70.3 Å². The van der Waals surface area contributed by atoms with E-state index >= 15 is 0 Å². The number of hydrogen-bond donors (Lipinski definition) is 1. The summed E-state index contributed by atoms with van der Waals surface area (Å²) >= 11 is 0. The van der Waals surface area contributed by atoms with Gasteiger partial charge in [0.25, 0.3) is 0 Å². The van der Waals surface area contributed by atoms with E-state index in [-0.39, 0.29) is 5.60 Å². The summed E-state index contributed by atoms with van der Waals surface area (Å²) in [5.74, 6) is 1.96. The topological polar surface area (TPSA) is 21.3 Å². The molecule has 18 heavy (non-hydrogen) atoms. The van der Waals surface area contributed by atoms with Crippen LogP contribution >= 0.6 is 0 Å². The lowest BCUT2D eigenvalue weighted by Crippen LogP contribution is -2.45. The molecule has 1 N–H and O–H groups in total. The minimum atomic E-state index is 0.161. The van der Waals surface area contributed by atoms with Crippen LogP contribution in [0.25, 0.3) is 0 Å². The van der Waals surface area contributed by atoms with E-state index < -0.39 is 0 Å². The second kappa shape index (κ2) is 6.91. The minimum Gasteiger partial charge on any atom is -0.374 e. The lowest BCUT2D eigenvalue weighted by molar-refractivity contribution is -0.0777. The Hall–Kier alpha value is -0.0800. The molecule has 0 saturated heterocycles. The van der Waals surface area contributed by atoms with Gasteiger partial charge in [-0.05, 0) is 51.0 Å². The third kappa shape index (κ3) is 4.24. The third-order valence-electron chi connectivity index (χ3n) is 4.84. The number of ether oxygens (including phenoxy) is 1. The van der Waals surface area contributed by atoms with Crippen LogP contribution < -0.4 is 5.32 Å². The van der Waals surface area contributed by atoms with Gasteiger partial charge in [0.05, 0.1) is 5.60 Å². The van der Waals surface area contributed by atoms with Crippen molar-refractivity contribution in [2.75, 3.05) is 20.2 Å². The van der Waals surface area contributed by atoms with Gasteiger partial charge in [-0.1, -0.05) is 32.6 Å². The number of likely N-dealkylation sites (N-methyl/N-ethyl adjacent to an activating group) is 1. The average Bonchev–Trinajstić information content (AvgIpc) is 3.17. The summed E-state index contributed by atoms with van der Waals surface area (Å²) in [5, 5.41) is 3.35. The molecule has 0 atom stereocenters. The molecule has 0 unspecified atom stereocenters. The highest BCUT2D eigenvalue weighted by Gasteiger charge is 2.35. The zero-order chi connectivity index (χ0) is 12.8. The molecule has 2 nitrogen and oxygen atoms in total. The predicted octanol–water partition coefficient (Wildman–Crippen LogP) is 3.75. The molecule has 0 radical (unpaired) electrons. The Bertz CT molecular complexity index is 229. The molecule has 0 amide bonds. The molecular formula is C16H31NO. The lowest BCUT2D eigenvalue weighted by Gasteiger charge is -2.40. The van der Waals surface area contributed by atoms with Crippen LogP contribution in [0.1, 0.15) is 64.7 Å². The van der Waals surface area contributed by atoms with Gasteiger partial charge in [0, 0.05) is 13.2 Å². The molecule has 0 aromatic carbocycles. The summed E-state index contributed by atoms with van der Waals surface area (Å²) in [4.78, 5) is 0. The van der Waals surface area contributed by atoms with Gasteiger partial charge < -0.3 is 10.1 Å². The van der Waals surface area contributed by atoms with Crippen LogP contribution in [0, 0.1) is 11.8 Å². The SMILES string of the molecule is CCCC1CCC(CNC)(OCCC2CC2)CC1. The van der Waals surface area contributed by atoms with Crippen LogP contribution in [0.4, 0.5) is 0 Å². The normalized spacial score (nSPS) is 32.7. The van der Waals surface area contributed by atoms with Crippen molar-refractivity contribution in [3.63, 3.8) is 0 Å². The first-order valence-electron chi connectivity index (χ1n) is 8.06. The number of hydrogen-bond acceptors (Lipinski definition) is 2. The van der Waals surface area contributed by atoms with E-state index in [2.05, 4.69) is 19.3 Å². The fourth-order valence-corrected chi connectivity index (χ4v) is 3.44. The molecule has 2 heteroatoms. The summed E-state index contributed by atoms with van der Waals surface area (Å²) < 4.78 is 6.33. The molecule has 0 spiro atoms. The Morgan fingerprint density at radius 2 is 1.72 bits per heavy atom. The minimum absolute atomic E-state index is 0.161. The quantitative estimate of drug-likeness (QED) is 0.711. The van der Waals surface area contributed by atoms with Gasteiger partial charge in [0.2, 0.25) is 0 Å². The number of nitrogens with one attached hydrogen (secondary N) is 1. The Morgan fingerprint density at radius 3 is 2.28 bits per heavy atom. The fourth-order valence-electron chi connectivity index (χ4n) is 3.44. The van der Waals surface area contributed by atoms with E-state index in [0.717, 1.165) is 25.0 Å². The highest BCUT2D eigenvalue weighted by atomic mass is 16.5. The van der Waals surface area contributed by atoms with Gasteiger partial charge in [-0.3, -0.25) is 0 Å². The Balaban J connectivity index is 1.75. The maximum Gasteiger partial charge on any atom is 0.0806 e. The smallest absolute Gasteiger partial charge is 0.0806 e. The van der Waals surface area contributed by atoms with Crippen molar-refractivity contribution in [3.05, 3.63) is 0 Å². The standard InChI is InChI=1S/C16H31NO/c1-3-4-14-7-10-16(11-8-14,13-17-2)18-12-9-15-5-6-15/h14-15,17H,3-13H2,1-2H3. The van der Waals surface area contributed by atoms with Crippen molar-refractivity contribution < 1.29 is 4.74 Å². The Labute approximate surface area is 113 Å². The Kier molecular flexibility index (Phi) is 5.50. The molecule has 2 fully saturated rings. The summed E-state index contributed by atoms with van der Waals surface area (Å²) in [5.41, 5.74) is 0.161. The maximum atomic E-state index is 6.33. The van der Waals surface area contributed by atoms with Crippen LogP contribution in [-0.4, -0.2) is 25.8 Å². The fraction of sp³-hybridized carbons (Fsp3) is 1.00. The number of rotatable bonds is 8. The summed E-state index contributed by atoms with van der Waals surface area (Å²) in [6.45, 7) is 4.34. The van der Waals surface area contributed by atoms with E-state index in [1.54, 1.807) is 0 Å². The molecule has 0 aliphatic heterocycles. The molecule has 0 aromatic heterocycles. The molecule has 2 saturated carbocycles. The Morgan fingerprint density at radius 1 is 1.06 bits per heavy atom. The zero-order valence-electron chi connectivity index (χ0n) is 12.3. The first kappa shape index (κ1) is 14.3. The van der Waals surface area contributed by atoms with Crippen LogP contribution in [0.5, 0.6) is 0 Å². The molecule has 2 aliphatic rings. The molecule has 2 aliphatic carbocycles. The first-order valence-corrected chi connectivity index (χ1v) is 8.06. The monoisotopic (exact) mass is 253 g/mol. The highest BCUT2D eigenvalue weighted by Crippen LogP contribution is 2.38.